The van der Waals surface area contributed by atoms with Crippen LogP contribution in [0.2, 0.25) is 0 Å². The standard InChI is InChI=1S/C12H21N3O4S.ClH/c1-9-11(10(2)19-15-9)20(16,17)14-7-12(8-18-3)5-4-6-13-12;/h13-14H,4-8H2,1-3H3;1H. The minimum absolute atomic E-state index is 0. The van der Waals surface area contributed by atoms with Gasteiger partial charge in [-0.15, -0.1) is 12.4 Å². The Labute approximate surface area is 131 Å². The summed E-state index contributed by atoms with van der Waals surface area (Å²) in [6, 6.07) is 0. The van der Waals surface area contributed by atoms with Crippen molar-refractivity contribution in [2.75, 3.05) is 26.8 Å². The number of hydrogen-bond donors (Lipinski definition) is 2. The van der Waals surface area contributed by atoms with Crippen molar-refractivity contribution in [3.63, 3.8) is 0 Å². The van der Waals surface area contributed by atoms with Gasteiger partial charge in [0.05, 0.1) is 12.1 Å². The molecule has 9 heteroatoms. The summed E-state index contributed by atoms with van der Waals surface area (Å²) in [4.78, 5) is 0.128. The quantitative estimate of drug-likeness (QED) is 0.794. The second kappa shape index (κ2) is 7.06. The van der Waals surface area contributed by atoms with Crippen molar-refractivity contribution >= 4 is 22.4 Å². The van der Waals surface area contributed by atoms with Gasteiger partial charge >= 0.3 is 0 Å². The van der Waals surface area contributed by atoms with E-state index in [-0.39, 0.29) is 29.4 Å². The number of aromatic nitrogens is 1. The van der Waals surface area contributed by atoms with Gasteiger partial charge in [0, 0.05) is 13.7 Å². The Bertz CT molecular complexity index is 548. The Kier molecular flexibility index (Phi) is 6.18. The van der Waals surface area contributed by atoms with Gasteiger partial charge in [-0.3, -0.25) is 0 Å². The molecule has 1 aliphatic heterocycles. The van der Waals surface area contributed by atoms with E-state index < -0.39 is 10.0 Å². The van der Waals surface area contributed by atoms with Crippen LogP contribution < -0.4 is 10.0 Å². The Hall–Kier alpha value is -0.670. The van der Waals surface area contributed by atoms with Crippen LogP contribution in [0.15, 0.2) is 9.42 Å². The van der Waals surface area contributed by atoms with Gasteiger partial charge in [-0.1, -0.05) is 5.16 Å². The molecule has 1 saturated heterocycles. The molecule has 1 aromatic heterocycles. The third kappa shape index (κ3) is 3.95. The van der Waals surface area contributed by atoms with Gasteiger partial charge in [0.2, 0.25) is 10.0 Å². The lowest BCUT2D eigenvalue weighted by atomic mass is 9.99. The first kappa shape index (κ1) is 18.4. The van der Waals surface area contributed by atoms with Crippen LogP contribution in [0.3, 0.4) is 0 Å². The zero-order chi connectivity index (χ0) is 14.8. The van der Waals surface area contributed by atoms with Crippen LogP contribution in [-0.4, -0.2) is 45.9 Å². The average Bonchev–Trinajstić information content (AvgIpc) is 2.96. The summed E-state index contributed by atoms with van der Waals surface area (Å²) >= 11 is 0. The van der Waals surface area contributed by atoms with Gasteiger partial charge in [0.15, 0.2) is 5.76 Å². The maximum atomic E-state index is 12.4. The van der Waals surface area contributed by atoms with Crippen LogP contribution in [0.5, 0.6) is 0 Å². The van der Waals surface area contributed by atoms with Crippen LogP contribution in [0.4, 0.5) is 0 Å². The molecule has 1 fully saturated rings. The summed E-state index contributed by atoms with van der Waals surface area (Å²) in [7, 11) is -2.01. The van der Waals surface area contributed by atoms with Crippen molar-refractivity contribution in [1.82, 2.24) is 15.2 Å². The maximum Gasteiger partial charge on any atom is 0.246 e. The molecule has 122 valence electrons. The first-order valence-corrected chi connectivity index (χ1v) is 8.05. The third-order valence-corrected chi connectivity index (χ3v) is 5.23. The smallest absolute Gasteiger partial charge is 0.246 e. The van der Waals surface area contributed by atoms with E-state index >= 15 is 0 Å². The summed E-state index contributed by atoms with van der Waals surface area (Å²) < 4.78 is 37.5. The second-order valence-corrected chi connectivity index (χ2v) is 6.93. The molecule has 0 amide bonds. The predicted molar refractivity (Wildman–Crippen MR) is 80.3 cm³/mol. The molecule has 2 N–H and O–H groups in total. The molecule has 0 radical (unpaired) electrons. The number of ether oxygens (including phenoxy) is 1. The van der Waals surface area contributed by atoms with E-state index in [0.29, 0.717) is 18.1 Å². The van der Waals surface area contributed by atoms with Crippen molar-refractivity contribution in [2.45, 2.75) is 37.1 Å². The molecule has 7 nitrogen and oxygen atoms in total. The maximum absolute atomic E-state index is 12.4. The van der Waals surface area contributed by atoms with Crippen molar-refractivity contribution in [3.8, 4) is 0 Å². The molecular formula is C12H22ClN3O4S. The Morgan fingerprint density at radius 3 is 2.67 bits per heavy atom. The Morgan fingerprint density at radius 2 is 2.19 bits per heavy atom. The summed E-state index contributed by atoms with van der Waals surface area (Å²) in [5.41, 5.74) is 0.0380. The van der Waals surface area contributed by atoms with Gasteiger partial charge in [-0.2, -0.15) is 0 Å². The van der Waals surface area contributed by atoms with Crippen LogP contribution in [0.25, 0.3) is 0 Å². The highest BCUT2D eigenvalue weighted by atomic mass is 35.5. The van der Waals surface area contributed by atoms with Crippen LogP contribution in [0.1, 0.15) is 24.3 Å². The number of aryl methyl sites for hydroxylation is 2. The lowest BCUT2D eigenvalue weighted by Crippen LogP contribution is -2.52. The normalized spacial score (nSPS) is 22.2. The summed E-state index contributed by atoms with van der Waals surface area (Å²) in [6.07, 6.45) is 1.89. The van der Waals surface area contributed by atoms with Crippen molar-refractivity contribution < 1.29 is 17.7 Å². The molecule has 1 aromatic rings. The summed E-state index contributed by atoms with van der Waals surface area (Å²) in [5, 5.41) is 7.01. The van der Waals surface area contributed by atoms with Crippen LogP contribution in [-0.2, 0) is 14.8 Å². The molecule has 21 heavy (non-hydrogen) atoms. The number of hydrogen-bond acceptors (Lipinski definition) is 6. The minimum Gasteiger partial charge on any atom is -0.383 e. The first-order valence-electron chi connectivity index (χ1n) is 6.57. The van der Waals surface area contributed by atoms with E-state index in [1.165, 1.54) is 0 Å². The van der Waals surface area contributed by atoms with Gasteiger partial charge in [0.1, 0.15) is 10.6 Å². The molecule has 1 unspecified atom stereocenters. The summed E-state index contributed by atoms with van der Waals surface area (Å²) in [5.74, 6) is 0.301. The molecule has 0 aromatic carbocycles. The topological polar surface area (TPSA) is 93.5 Å². The lowest BCUT2D eigenvalue weighted by Gasteiger charge is -2.28. The van der Waals surface area contributed by atoms with Gasteiger partial charge in [0.25, 0.3) is 0 Å². The Morgan fingerprint density at radius 1 is 1.48 bits per heavy atom. The lowest BCUT2D eigenvalue weighted by molar-refractivity contribution is 0.122. The van der Waals surface area contributed by atoms with E-state index in [1.54, 1.807) is 21.0 Å². The summed E-state index contributed by atoms with van der Waals surface area (Å²) in [6.45, 7) is 4.83. The molecule has 0 aliphatic carbocycles. The minimum atomic E-state index is -3.62. The van der Waals surface area contributed by atoms with Gasteiger partial charge in [-0.05, 0) is 33.2 Å². The number of halogens is 1. The molecule has 2 rings (SSSR count). The highest BCUT2D eigenvalue weighted by Gasteiger charge is 2.35. The third-order valence-electron chi connectivity index (χ3n) is 3.59. The van der Waals surface area contributed by atoms with Crippen LogP contribution in [0, 0.1) is 13.8 Å². The predicted octanol–water partition coefficient (Wildman–Crippen LogP) is 0.760. The molecule has 0 bridgehead atoms. The van der Waals surface area contributed by atoms with Crippen molar-refractivity contribution in [1.29, 1.82) is 0 Å². The SMILES string of the molecule is COCC1(CNS(=O)(=O)c2c(C)noc2C)CCCN1.Cl. The van der Waals surface area contributed by atoms with Crippen molar-refractivity contribution in [3.05, 3.63) is 11.5 Å². The number of sulfonamides is 1. The molecular weight excluding hydrogens is 318 g/mol. The van der Waals surface area contributed by atoms with E-state index in [2.05, 4.69) is 15.2 Å². The zero-order valence-electron chi connectivity index (χ0n) is 12.4. The Balaban J connectivity index is 0.00000220. The van der Waals surface area contributed by atoms with E-state index in [4.69, 9.17) is 9.26 Å². The fourth-order valence-corrected chi connectivity index (χ4v) is 4.09. The fourth-order valence-electron chi connectivity index (χ4n) is 2.63. The fraction of sp³-hybridized carbons (Fsp3) is 0.750. The monoisotopic (exact) mass is 339 g/mol. The second-order valence-electron chi connectivity index (χ2n) is 5.22. The molecule has 0 saturated carbocycles. The molecule has 1 aliphatic rings. The average molecular weight is 340 g/mol. The number of rotatable bonds is 6. The number of nitrogens with one attached hydrogen (secondary N) is 2. The largest absolute Gasteiger partial charge is 0.383 e. The van der Waals surface area contributed by atoms with E-state index in [1.807, 2.05) is 0 Å². The molecule has 2 heterocycles. The molecule has 1 atom stereocenters. The first-order chi connectivity index (χ1) is 9.40. The van der Waals surface area contributed by atoms with Gasteiger partial charge < -0.3 is 14.6 Å². The number of nitrogens with zero attached hydrogens (tertiary/aromatic N) is 1. The van der Waals surface area contributed by atoms with Crippen molar-refractivity contribution in [2.24, 2.45) is 0 Å². The highest BCUT2D eigenvalue weighted by molar-refractivity contribution is 7.89. The van der Waals surface area contributed by atoms with Crippen LogP contribution >= 0.6 is 12.4 Å². The number of methoxy groups -OCH3 is 1. The van der Waals surface area contributed by atoms with Gasteiger partial charge in [-0.25, -0.2) is 13.1 Å². The molecule has 0 spiro atoms. The zero-order valence-corrected chi connectivity index (χ0v) is 14.1. The van der Waals surface area contributed by atoms with E-state index in [9.17, 15) is 8.42 Å². The highest BCUT2D eigenvalue weighted by Crippen LogP contribution is 2.22. The van der Waals surface area contributed by atoms with E-state index in [0.717, 1.165) is 19.4 Å².